The molecule has 2 aromatic carbocycles. The normalized spacial score (nSPS) is 29.4. The SMILES string of the molecule is CC1=[C-]C(C)C(C)=C1C.[CH3][GeH][CH3].[NH-]C12CC3C(C1)C3C2.[Ti+2].c1ccc(-c2ccccc2)cc1. The summed E-state index contributed by atoms with van der Waals surface area (Å²) in [5.41, 5.74) is 14.7. The Labute approximate surface area is 224 Å². The summed E-state index contributed by atoms with van der Waals surface area (Å²) in [6, 6.07) is 20.8. The maximum Gasteiger partial charge on any atom is 2.00 e. The third-order valence-corrected chi connectivity index (χ3v) is 7.51. The largest absolute Gasteiger partial charge is 2.00 e. The first-order valence-electron chi connectivity index (χ1n) is 12.2. The monoisotopic (exact) mass is 536 g/mol. The summed E-state index contributed by atoms with van der Waals surface area (Å²) in [5.74, 6) is 8.23. The Morgan fingerprint density at radius 3 is 1.33 bits per heavy atom. The third-order valence-electron chi connectivity index (χ3n) is 7.51. The number of hydrogen-bond donors (Lipinski definition) is 0. The van der Waals surface area contributed by atoms with Gasteiger partial charge in [0.05, 0.1) is 0 Å². The second-order valence-corrected chi connectivity index (χ2v) is 12.4. The first-order chi connectivity index (χ1) is 15.3. The van der Waals surface area contributed by atoms with Crippen LogP contribution in [0.25, 0.3) is 16.9 Å². The van der Waals surface area contributed by atoms with Gasteiger partial charge >= 0.3 is 48.7 Å². The van der Waals surface area contributed by atoms with Gasteiger partial charge in [0.2, 0.25) is 0 Å². The van der Waals surface area contributed by atoms with Crippen LogP contribution in [-0.4, -0.2) is 21.0 Å². The Morgan fingerprint density at radius 1 is 0.788 bits per heavy atom. The van der Waals surface area contributed by atoms with Crippen molar-refractivity contribution in [2.24, 2.45) is 23.7 Å². The van der Waals surface area contributed by atoms with E-state index in [0.29, 0.717) is 21.3 Å². The molecule has 1 unspecified atom stereocenters. The van der Waals surface area contributed by atoms with E-state index in [1.807, 2.05) is 12.1 Å². The van der Waals surface area contributed by atoms with Crippen molar-refractivity contribution in [1.82, 2.24) is 0 Å². The average Bonchev–Trinajstić information content (AvgIpc) is 3.17. The maximum absolute atomic E-state index is 7.79. The minimum absolute atomic E-state index is 0. The molecule has 1 radical (unpaired) electrons. The minimum Gasteiger partial charge on any atom is -0.672 e. The van der Waals surface area contributed by atoms with Gasteiger partial charge in [-0.3, -0.25) is 6.08 Å². The second-order valence-electron chi connectivity index (χ2n) is 9.99. The summed E-state index contributed by atoms with van der Waals surface area (Å²) in [4.78, 5) is 0. The van der Waals surface area contributed by atoms with Gasteiger partial charge in [0.1, 0.15) is 0 Å². The fraction of sp³-hybridized carbons (Fsp3) is 0.467. The van der Waals surface area contributed by atoms with E-state index in [-0.39, 0.29) is 27.3 Å². The third kappa shape index (κ3) is 7.31. The van der Waals surface area contributed by atoms with Crippen molar-refractivity contribution < 1.29 is 21.7 Å². The Balaban J connectivity index is 0.000000166. The molecule has 1 nitrogen and oxygen atoms in total. The number of allylic oxidation sites excluding steroid dienone is 4. The average molecular weight is 535 g/mol. The summed E-state index contributed by atoms with van der Waals surface area (Å²) in [6.45, 7) is 8.67. The van der Waals surface area contributed by atoms with Crippen LogP contribution in [0.2, 0.25) is 11.5 Å². The van der Waals surface area contributed by atoms with E-state index in [9.17, 15) is 0 Å². The van der Waals surface area contributed by atoms with E-state index in [1.165, 1.54) is 47.1 Å². The molecule has 0 saturated heterocycles. The first-order valence-corrected chi connectivity index (χ1v) is 17.0. The van der Waals surface area contributed by atoms with E-state index in [2.05, 4.69) is 93.8 Å². The van der Waals surface area contributed by atoms with E-state index in [0.717, 1.165) is 17.8 Å². The summed E-state index contributed by atoms with van der Waals surface area (Å²) < 4.78 is 0. The fourth-order valence-corrected chi connectivity index (χ4v) is 5.46. The predicted molar refractivity (Wildman–Crippen MR) is 142 cm³/mol. The van der Waals surface area contributed by atoms with Gasteiger partial charge in [-0.2, -0.15) is 11.1 Å². The van der Waals surface area contributed by atoms with Crippen LogP contribution in [0, 0.1) is 29.7 Å². The van der Waals surface area contributed by atoms with Crippen molar-refractivity contribution in [3.63, 3.8) is 0 Å². The van der Waals surface area contributed by atoms with Gasteiger partial charge in [-0.1, -0.05) is 107 Å². The van der Waals surface area contributed by atoms with Gasteiger partial charge in [0, 0.05) is 0 Å². The van der Waals surface area contributed by atoms with Crippen LogP contribution in [0.3, 0.4) is 0 Å². The van der Waals surface area contributed by atoms with Gasteiger partial charge in [0.25, 0.3) is 0 Å². The van der Waals surface area contributed by atoms with E-state index in [1.54, 1.807) is 0 Å². The van der Waals surface area contributed by atoms with Crippen LogP contribution < -0.4 is 0 Å². The number of rotatable bonds is 1. The summed E-state index contributed by atoms with van der Waals surface area (Å²) in [7, 11) is 0. The van der Waals surface area contributed by atoms with Crippen molar-refractivity contribution in [1.29, 1.82) is 0 Å². The number of benzene rings is 2. The zero-order valence-electron chi connectivity index (χ0n) is 21.3. The van der Waals surface area contributed by atoms with Crippen LogP contribution in [0.5, 0.6) is 0 Å². The van der Waals surface area contributed by atoms with Crippen molar-refractivity contribution in [2.75, 3.05) is 0 Å². The molecule has 1 N–H and O–H groups in total. The molecular formula is C30H40GeNTi. The van der Waals surface area contributed by atoms with Crippen molar-refractivity contribution >= 4 is 15.4 Å². The molecule has 0 aromatic heterocycles. The zero-order valence-corrected chi connectivity index (χ0v) is 25.3. The standard InChI is InChI=1S/C12H10.C9H13.C7H10N.C2H7Ge.Ti/c1-3-7-11(8-4-1)12-9-5-2-6-10-12;1-6-5-7(2)9(4)8(6)3;8-7-1-4-5(2-7)6(4)3-7;1-3-2;/h1-10H;6H,1-4H3;4-6,8H,1-3H2;3H,1-2H3;/q;2*-1;;+2. The number of hydrogen-bond acceptors (Lipinski definition) is 0. The quantitative estimate of drug-likeness (QED) is 0.259. The van der Waals surface area contributed by atoms with Crippen molar-refractivity contribution in [2.45, 2.75) is 64.0 Å². The fourth-order valence-electron chi connectivity index (χ4n) is 5.46. The Bertz CT molecular complexity index is 864. The Hall–Kier alpha value is -0.863. The zero-order chi connectivity index (χ0) is 23.3. The molecule has 0 heterocycles. The molecule has 5 aliphatic rings. The molecule has 1 atom stereocenters. The van der Waals surface area contributed by atoms with Crippen LogP contribution >= 0.6 is 0 Å². The minimum atomic E-state index is 0. The summed E-state index contributed by atoms with van der Waals surface area (Å²) in [6.07, 6.45) is 7.12. The molecule has 0 aliphatic heterocycles. The summed E-state index contributed by atoms with van der Waals surface area (Å²) >= 11 is 0.312. The molecule has 4 bridgehead atoms. The molecule has 0 spiro atoms. The molecule has 5 aliphatic carbocycles. The Kier molecular flexibility index (Phi) is 10.9. The molecule has 4 saturated carbocycles. The molecule has 4 fully saturated rings. The molecule has 2 aromatic rings. The van der Waals surface area contributed by atoms with Crippen molar-refractivity contribution in [3.05, 3.63) is 89.2 Å². The van der Waals surface area contributed by atoms with Crippen LogP contribution in [0.4, 0.5) is 0 Å². The van der Waals surface area contributed by atoms with Gasteiger partial charge in [-0.05, 0) is 28.9 Å². The Morgan fingerprint density at radius 2 is 1.15 bits per heavy atom. The van der Waals surface area contributed by atoms with Crippen LogP contribution in [0.15, 0.2) is 77.4 Å². The molecule has 173 valence electrons. The topological polar surface area (TPSA) is 23.8 Å². The maximum atomic E-state index is 7.79. The van der Waals surface area contributed by atoms with E-state index >= 15 is 0 Å². The van der Waals surface area contributed by atoms with Crippen molar-refractivity contribution in [3.8, 4) is 11.1 Å². The summed E-state index contributed by atoms with van der Waals surface area (Å²) in [5, 5.41) is 0. The smallest absolute Gasteiger partial charge is 0.672 e. The number of nitrogens with one attached hydrogen (secondary N) is 1. The van der Waals surface area contributed by atoms with Gasteiger partial charge in [-0.25, -0.2) is 5.57 Å². The van der Waals surface area contributed by atoms with Gasteiger partial charge in [0.15, 0.2) is 0 Å². The molecule has 33 heavy (non-hydrogen) atoms. The van der Waals surface area contributed by atoms with Crippen LogP contribution in [0.1, 0.15) is 47.0 Å². The van der Waals surface area contributed by atoms with Gasteiger partial charge in [-0.15, -0.1) is 12.5 Å². The molecular weight excluding hydrogens is 495 g/mol. The molecule has 3 heteroatoms. The van der Waals surface area contributed by atoms with Gasteiger partial charge < -0.3 is 5.73 Å². The molecule has 7 rings (SSSR count). The predicted octanol–water partition coefficient (Wildman–Crippen LogP) is 8.43. The van der Waals surface area contributed by atoms with E-state index < -0.39 is 0 Å². The molecule has 0 amide bonds. The van der Waals surface area contributed by atoms with E-state index in [4.69, 9.17) is 5.73 Å². The first kappa shape index (κ1) is 28.4. The van der Waals surface area contributed by atoms with Crippen LogP contribution in [-0.2, 0) is 21.7 Å². The second kappa shape index (κ2) is 12.7.